The van der Waals surface area contributed by atoms with Gasteiger partial charge in [0.15, 0.2) is 0 Å². The molecule has 0 radical (unpaired) electrons. The van der Waals surface area contributed by atoms with Crippen LogP contribution in [0.15, 0.2) is 53.0 Å². The molecule has 0 aliphatic heterocycles. The number of hydrogen-bond donors (Lipinski definition) is 1. The number of aromatic nitrogens is 1. The zero-order valence-electron chi connectivity index (χ0n) is 19.4. The molecule has 6 nitrogen and oxygen atoms in total. The molecule has 1 aromatic heterocycles. The van der Waals surface area contributed by atoms with Crippen LogP contribution in [0.1, 0.15) is 41.8 Å². The van der Waals surface area contributed by atoms with E-state index in [-0.39, 0.29) is 6.42 Å². The number of rotatable bonds is 8. The molecule has 0 spiro atoms. The van der Waals surface area contributed by atoms with Crippen LogP contribution in [0.4, 0.5) is 5.69 Å². The molecule has 0 atom stereocenters. The molecular formula is C27H30N2O4. The molecule has 0 saturated carbocycles. The number of allylic oxidation sites excluding steroid dienone is 1. The van der Waals surface area contributed by atoms with Gasteiger partial charge in [-0.3, -0.25) is 4.79 Å². The molecular weight excluding hydrogens is 416 g/mol. The largest absolute Gasteiger partial charge is 0.493 e. The number of aliphatic carboxylic acids is 1. The van der Waals surface area contributed by atoms with Gasteiger partial charge in [0, 0.05) is 37.3 Å². The van der Waals surface area contributed by atoms with Crippen molar-refractivity contribution < 1.29 is 19.1 Å². The lowest BCUT2D eigenvalue weighted by atomic mass is 9.86. The Hall–Kier alpha value is -3.54. The molecule has 0 amide bonds. The molecule has 6 heteroatoms. The summed E-state index contributed by atoms with van der Waals surface area (Å²) in [5, 5.41) is 9.02. The summed E-state index contributed by atoms with van der Waals surface area (Å²) in [6.07, 6.45) is 5.36. The SMILES string of the molecule is Cc1oc(-c2ccc(N(C)C)cc2)nc1CCOc1cccc2c1CCC/C2=C/CC(=O)O. The maximum Gasteiger partial charge on any atom is 0.307 e. The summed E-state index contributed by atoms with van der Waals surface area (Å²) < 4.78 is 12.1. The zero-order valence-corrected chi connectivity index (χ0v) is 19.4. The van der Waals surface area contributed by atoms with Crippen LogP contribution in [0.2, 0.25) is 0 Å². The summed E-state index contributed by atoms with van der Waals surface area (Å²) in [6, 6.07) is 14.2. The molecule has 2 aromatic carbocycles. The fraction of sp³-hybridized carbons (Fsp3) is 0.333. The van der Waals surface area contributed by atoms with Crippen molar-refractivity contribution in [3.63, 3.8) is 0 Å². The van der Waals surface area contributed by atoms with Crippen molar-refractivity contribution in [3.05, 3.63) is 71.1 Å². The van der Waals surface area contributed by atoms with Crippen LogP contribution in [-0.4, -0.2) is 36.8 Å². The Bertz CT molecular complexity index is 1160. The summed E-state index contributed by atoms with van der Waals surface area (Å²) in [6.45, 7) is 2.43. The molecule has 4 rings (SSSR count). The van der Waals surface area contributed by atoms with E-state index < -0.39 is 5.97 Å². The highest BCUT2D eigenvalue weighted by atomic mass is 16.5. The van der Waals surface area contributed by atoms with Crippen molar-refractivity contribution in [2.45, 2.75) is 39.0 Å². The normalized spacial score (nSPS) is 14.2. The lowest BCUT2D eigenvalue weighted by Gasteiger charge is -2.22. The van der Waals surface area contributed by atoms with E-state index in [2.05, 4.69) is 23.1 Å². The van der Waals surface area contributed by atoms with Gasteiger partial charge in [0.2, 0.25) is 5.89 Å². The van der Waals surface area contributed by atoms with E-state index in [1.54, 1.807) is 0 Å². The molecule has 0 unspecified atom stereocenters. The number of carboxylic acids is 1. The predicted octanol–water partition coefficient (Wildman–Crippen LogP) is 5.53. The second-order valence-corrected chi connectivity index (χ2v) is 8.52. The average molecular weight is 447 g/mol. The molecule has 0 saturated heterocycles. The van der Waals surface area contributed by atoms with Crippen LogP contribution in [0.25, 0.3) is 17.0 Å². The van der Waals surface area contributed by atoms with Gasteiger partial charge in [-0.25, -0.2) is 4.98 Å². The number of fused-ring (bicyclic) bond motifs is 1. The monoisotopic (exact) mass is 446 g/mol. The number of anilines is 1. The Kier molecular flexibility index (Phi) is 6.82. The van der Waals surface area contributed by atoms with Crippen molar-refractivity contribution in [1.29, 1.82) is 0 Å². The first-order valence-corrected chi connectivity index (χ1v) is 11.3. The third kappa shape index (κ3) is 5.28. The standard InChI is InChI=1S/C27H30N2O4/c1-18-24(28-27(33-18)20-10-13-21(14-11-20)29(2)3)16-17-32-25-9-5-7-22-19(12-15-26(30)31)6-4-8-23(22)25/h5,7,9-14H,4,6,8,15-17H2,1-3H3,(H,30,31)/b19-12-. The highest BCUT2D eigenvalue weighted by Gasteiger charge is 2.18. The highest BCUT2D eigenvalue weighted by molar-refractivity contribution is 5.77. The Morgan fingerprint density at radius 3 is 2.70 bits per heavy atom. The number of nitrogens with zero attached hydrogens (tertiary/aromatic N) is 2. The summed E-state index contributed by atoms with van der Waals surface area (Å²) in [7, 11) is 4.03. The molecule has 33 heavy (non-hydrogen) atoms. The van der Waals surface area contributed by atoms with Crippen molar-refractivity contribution >= 4 is 17.2 Å². The van der Waals surface area contributed by atoms with Gasteiger partial charge in [-0.05, 0) is 67.7 Å². The van der Waals surface area contributed by atoms with Crippen LogP contribution in [0, 0.1) is 6.92 Å². The molecule has 1 aliphatic rings. The average Bonchev–Trinajstić information content (AvgIpc) is 3.18. The molecule has 0 bridgehead atoms. The second-order valence-electron chi connectivity index (χ2n) is 8.52. The summed E-state index contributed by atoms with van der Waals surface area (Å²) in [4.78, 5) is 17.7. The van der Waals surface area contributed by atoms with Crippen LogP contribution < -0.4 is 9.64 Å². The smallest absolute Gasteiger partial charge is 0.307 e. The Labute approximate surface area is 194 Å². The third-order valence-electron chi connectivity index (χ3n) is 5.99. The van der Waals surface area contributed by atoms with Crippen LogP contribution >= 0.6 is 0 Å². The fourth-order valence-corrected chi connectivity index (χ4v) is 4.22. The van der Waals surface area contributed by atoms with Crippen molar-refractivity contribution in [3.8, 4) is 17.2 Å². The maximum atomic E-state index is 11.0. The predicted molar refractivity (Wildman–Crippen MR) is 130 cm³/mol. The van der Waals surface area contributed by atoms with Crippen LogP contribution in [0.3, 0.4) is 0 Å². The summed E-state index contributed by atoms with van der Waals surface area (Å²) >= 11 is 0. The van der Waals surface area contributed by atoms with Crippen LogP contribution in [0.5, 0.6) is 5.75 Å². The van der Waals surface area contributed by atoms with E-state index >= 15 is 0 Å². The molecule has 1 N–H and O–H groups in total. The number of carbonyl (C=O) groups is 1. The van der Waals surface area contributed by atoms with E-state index in [0.717, 1.165) is 58.9 Å². The number of oxazole rings is 1. The lowest BCUT2D eigenvalue weighted by Crippen LogP contribution is -2.09. The first-order chi connectivity index (χ1) is 15.9. The summed E-state index contributed by atoms with van der Waals surface area (Å²) in [5.74, 6) is 1.49. The van der Waals surface area contributed by atoms with Gasteiger partial charge in [-0.15, -0.1) is 0 Å². The number of ether oxygens (including phenoxy) is 1. The molecule has 0 fully saturated rings. The molecule has 1 heterocycles. The topological polar surface area (TPSA) is 75.8 Å². The van der Waals surface area contributed by atoms with Gasteiger partial charge >= 0.3 is 5.97 Å². The zero-order chi connectivity index (χ0) is 23.4. The van der Waals surface area contributed by atoms with Crippen molar-refractivity contribution in [1.82, 2.24) is 4.98 Å². The van der Waals surface area contributed by atoms with Gasteiger partial charge in [0.25, 0.3) is 0 Å². The number of hydrogen-bond acceptors (Lipinski definition) is 5. The lowest BCUT2D eigenvalue weighted by molar-refractivity contribution is -0.136. The van der Waals surface area contributed by atoms with E-state index in [9.17, 15) is 4.79 Å². The first kappa shape index (κ1) is 22.6. The van der Waals surface area contributed by atoms with Gasteiger partial charge in [-0.2, -0.15) is 0 Å². The third-order valence-corrected chi connectivity index (χ3v) is 5.99. The van der Waals surface area contributed by atoms with Crippen molar-refractivity contribution in [2.75, 3.05) is 25.6 Å². The minimum atomic E-state index is -0.807. The molecule has 1 aliphatic carbocycles. The first-order valence-electron chi connectivity index (χ1n) is 11.3. The Morgan fingerprint density at radius 2 is 1.97 bits per heavy atom. The van der Waals surface area contributed by atoms with E-state index in [0.29, 0.717) is 18.9 Å². The van der Waals surface area contributed by atoms with Gasteiger partial charge < -0.3 is 19.2 Å². The van der Waals surface area contributed by atoms with Gasteiger partial charge in [0.1, 0.15) is 11.5 Å². The Balaban J connectivity index is 1.44. The van der Waals surface area contributed by atoms with Gasteiger partial charge in [-0.1, -0.05) is 18.2 Å². The van der Waals surface area contributed by atoms with Crippen LogP contribution in [-0.2, 0) is 17.6 Å². The summed E-state index contributed by atoms with van der Waals surface area (Å²) in [5.41, 5.74) is 6.35. The van der Waals surface area contributed by atoms with Crippen molar-refractivity contribution in [2.24, 2.45) is 0 Å². The second kappa shape index (κ2) is 9.94. The Morgan fingerprint density at radius 1 is 1.18 bits per heavy atom. The van der Waals surface area contributed by atoms with Gasteiger partial charge in [0.05, 0.1) is 18.7 Å². The number of carboxylic acid groups (broad SMARTS) is 1. The maximum absolute atomic E-state index is 11.0. The van der Waals surface area contributed by atoms with E-state index in [1.165, 1.54) is 5.56 Å². The fourth-order valence-electron chi connectivity index (χ4n) is 4.22. The molecule has 172 valence electrons. The minimum Gasteiger partial charge on any atom is -0.493 e. The minimum absolute atomic E-state index is 0.0471. The number of benzene rings is 2. The van der Waals surface area contributed by atoms with E-state index in [4.69, 9.17) is 19.2 Å². The number of aryl methyl sites for hydroxylation is 1. The molecule has 3 aromatic rings. The van der Waals surface area contributed by atoms with E-state index in [1.807, 2.05) is 51.4 Å². The highest BCUT2D eigenvalue weighted by Crippen LogP contribution is 2.36. The quantitative estimate of drug-likeness (QED) is 0.490.